The molecule has 0 spiro atoms. The van der Waals surface area contributed by atoms with E-state index in [0.717, 1.165) is 17.8 Å². The van der Waals surface area contributed by atoms with E-state index < -0.39 is 0 Å². The summed E-state index contributed by atoms with van der Waals surface area (Å²) in [6, 6.07) is 23.8. The highest BCUT2D eigenvalue weighted by molar-refractivity contribution is 8.02. The van der Waals surface area contributed by atoms with Crippen molar-refractivity contribution in [1.29, 1.82) is 0 Å². The van der Waals surface area contributed by atoms with Crippen LogP contribution in [0.3, 0.4) is 0 Å². The van der Waals surface area contributed by atoms with Gasteiger partial charge in [-0.3, -0.25) is 9.69 Å². The fourth-order valence-corrected chi connectivity index (χ4v) is 4.48. The molecule has 0 saturated carbocycles. The molecule has 1 unspecified atom stereocenters. The van der Waals surface area contributed by atoms with Crippen molar-refractivity contribution >= 4 is 40.4 Å². The molecule has 0 bridgehead atoms. The lowest BCUT2D eigenvalue weighted by Gasteiger charge is -2.26. The zero-order chi connectivity index (χ0) is 16.8. The van der Waals surface area contributed by atoms with Gasteiger partial charge in [0.1, 0.15) is 0 Å². The molecule has 4 heteroatoms. The lowest BCUT2D eigenvalue weighted by atomic mass is 10.2. The average molecular weight is 354 g/mol. The number of nitrogens with zero attached hydrogens (tertiary/aromatic N) is 1. The van der Waals surface area contributed by atoms with Crippen LogP contribution in [0.15, 0.2) is 82.4 Å². The second kappa shape index (κ2) is 8.18. The molecule has 0 aliphatic carbocycles. The summed E-state index contributed by atoms with van der Waals surface area (Å²) in [5.74, 6) is 0.119. The third-order valence-corrected chi connectivity index (χ3v) is 6.08. The maximum absolute atomic E-state index is 13.3. The van der Waals surface area contributed by atoms with Crippen LogP contribution in [0.2, 0.25) is 0 Å². The number of thioether (sulfide) groups is 1. The number of anilines is 2. The first-order chi connectivity index (χ1) is 11.8. The van der Waals surface area contributed by atoms with Gasteiger partial charge in [0.2, 0.25) is 5.91 Å². The molecule has 1 amide bonds. The molecule has 2 aromatic carbocycles. The van der Waals surface area contributed by atoms with E-state index in [2.05, 4.69) is 13.0 Å². The number of thiophene rings is 1. The summed E-state index contributed by atoms with van der Waals surface area (Å²) >= 11 is 3.33. The molecular formula is C20H19NOS2. The van der Waals surface area contributed by atoms with Crippen molar-refractivity contribution in [3.05, 3.63) is 78.2 Å². The normalized spacial score (nSPS) is 11.9. The highest BCUT2D eigenvalue weighted by Gasteiger charge is 2.26. The Morgan fingerprint density at radius 2 is 1.54 bits per heavy atom. The molecule has 1 atom stereocenters. The first-order valence-electron chi connectivity index (χ1n) is 7.94. The highest BCUT2D eigenvalue weighted by Crippen LogP contribution is 2.34. The number of amides is 1. The molecular weight excluding hydrogens is 334 g/mol. The van der Waals surface area contributed by atoms with Crippen LogP contribution in [0.4, 0.5) is 11.4 Å². The van der Waals surface area contributed by atoms with Crippen LogP contribution in [0.1, 0.15) is 13.3 Å². The molecule has 0 fully saturated rings. The second-order valence-corrected chi connectivity index (χ2v) is 7.74. The van der Waals surface area contributed by atoms with Gasteiger partial charge in [0, 0.05) is 11.4 Å². The third kappa shape index (κ3) is 3.89. The van der Waals surface area contributed by atoms with Crippen molar-refractivity contribution in [2.24, 2.45) is 0 Å². The van der Waals surface area contributed by atoms with Crippen LogP contribution in [0.25, 0.3) is 0 Å². The fraction of sp³-hybridized carbons (Fsp3) is 0.150. The number of carbonyl (C=O) groups is 1. The predicted octanol–water partition coefficient (Wildman–Crippen LogP) is 5.98. The third-order valence-electron chi connectivity index (χ3n) is 3.65. The van der Waals surface area contributed by atoms with Crippen molar-refractivity contribution in [2.75, 3.05) is 4.90 Å². The summed E-state index contributed by atoms with van der Waals surface area (Å²) in [5, 5.41) is 1.94. The van der Waals surface area contributed by atoms with Crippen molar-refractivity contribution < 1.29 is 4.79 Å². The predicted molar refractivity (Wildman–Crippen MR) is 104 cm³/mol. The van der Waals surface area contributed by atoms with Crippen molar-refractivity contribution in [3.8, 4) is 0 Å². The van der Waals surface area contributed by atoms with Crippen molar-refractivity contribution in [3.63, 3.8) is 0 Å². The molecule has 0 radical (unpaired) electrons. The van der Waals surface area contributed by atoms with Gasteiger partial charge >= 0.3 is 0 Å². The van der Waals surface area contributed by atoms with Crippen LogP contribution in [-0.2, 0) is 4.79 Å². The van der Waals surface area contributed by atoms with E-state index >= 15 is 0 Å². The van der Waals surface area contributed by atoms with Crippen molar-refractivity contribution in [2.45, 2.75) is 22.8 Å². The number of para-hydroxylation sites is 2. The summed E-state index contributed by atoms with van der Waals surface area (Å²) in [7, 11) is 0. The largest absolute Gasteiger partial charge is 0.280 e. The fourth-order valence-electron chi connectivity index (χ4n) is 2.48. The van der Waals surface area contributed by atoms with Gasteiger partial charge in [-0.25, -0.2) is 0 Å². The summed E-state index contributed by atoms with van der Waals surface area (Å²) in [4.78, 5) is 15.1. The smallest absolute Gasteiger partial charge is 0.245 e. The first kappa shape index (κ1) is 16.8. The lowest BCUT2D eigenvalue weighted by Crippen LogP contribution is -2.34. The van der Waals surface area contributed by atoms with Crippen LogP contribution in [0, 0.1) is 0 Å². The van der Waals surface area contributed by atoms with E-state index in [1.54, 1.807) is 23.1 Å². The van der Waals surface area contributed by atoms with E-state index in [1.165, 1.54) is 4.21 Å². The highest BCUT2D eigenvalue weighted by atomic mass is 32.2. The molecule has 3 aromatic rings. The molecule has 24 heavy (non-hydrogen) atoms. The van der Waals surface area contributed by atoms with E-state index in [-0.39, 0.29) is 11.2 Å². The zero-order valence-corrected chi connectivity index (χ0v) is 15.1. The molecule has 0 saturated heterocycles. The summed E-state index contributed by atoms with van der Waals surface area (Å²) in [6.07, 6.45) is 0.789. The number of benzene rings is 2. The Balaban J connectivity index is 1.93. The topological polar surface area (TPSA) is 20.3 Å². The molecule has 0 N–H and O–H groups in total. The van der Waals surface area contributed by atoms with Gasteiger partial charge in [0.05, 0.1) is 9.46 Å². The van der Waals surface area contributed by atoms with Crippen LogP contribution >= 0.6 is 23.1 Å². The quantitative estimate of drug-likeness (QED) is 0.508. The van der Waals surface area contributed by atoms with Gasteiger partial charge in [0.15, 0.2) is 0 Å². The number of hydrogen-bond donors (Lipinski definition) is 0. The molecule has 1 aromatic heterocycles. The summed E-state index contributed by atoms with van der Waals surface area (Å²) < 4.78 is 1.18. The van der Waals surface area contributed by atoms with Crippen molar-refractivity contribution in [1.82, 2.24) is 0 Å². The Hall–Kier alpha value is -2.04. The second-order valence-electron chi connectivity index (χ2n) is 5.29. The van der Waals surface area contributed by atoms with Gasteiger partial charge in [-0.15, -0.1) is 23.1 Å². The van der Waals surface area contributed by atoms with E-state index in [1.807, 2.05) is 77.0 Å². The van der Waals surface area contributed by atoms with E-state index in [4.69, 9.17) is 0 Å². The van der Waals surface area contributed by atoms with E-state index in [9.17, 15) is 4.79 Å². The lowest BCUT2D eigenvalue weighted by molar-refractivity contribution is -0.117. The van der Waals surface area contributed by atoms with Gasteiger partial charge in [-0.1, -0.05) is 49.4 Å². The van der Waals surface area contributed by atoms with Crippen LogP contribution < -0.4 is 4.90 Å². The first-order valence-corrected chi connectivity index (χ1v) is 9.69. The van der Waals surface area contributed by atoms with E-state index in [0.29, 0.717) is 0 Å². The Labute approximate surface area is 151 Å². The monoisotopic (exact) mass is 353 g/mol. The SMILES string of the molecule is CCC(Sc1cccs1)C(=O)N(c1ccccc1)c1ccccc1. The Morgan fingerprint density at radius 3 is 2.00 bits per heavy atom. The minimum absolute atomic E-state index is 0.107. The maximum Gasteiger partial charge on any atom is 0.245 e. The minimum Gasteiger partial charge on any atom is -0.280 e. The zero-order valence-electron chi connectivity index (χ0n) is 13.5. The average Bonchev–Trinajstić information content (AvgIpc) is 3.15. The molecule has 122 valence electrons. The number of rotatable bonds is 6. The minimum atomic E-state index is -0.107. The van der Waals surface area contributed by atoms with Gasteiger partial charge in [-0.2, -0.15) is 0 Å². The van der Waals surface area contributed by atoms with Crippen LogP contribution in [0.5, 0.6) is 0 Å². The molecule has 0 aliphatic rings. The molecule has 0 aliphatic heterocycles. The Kier molecular flexibility index (Phi) is 5.72. The Morgan fingerprint density at radius 1 is 0.958 bits per heavy atom. The standard InChI is InChI=1S/C20H19NOS2/c1-2-18(24-19-14-9-15-23-19)20(22)21(16-10-5-3-6-11-16)17-12-7-4-8-13-17/h3-15,18H,2H2,1H3. The Bertz CT molecular complexity index is 717. The summed E-state index contributed by atoms with van der Waals surface area (Å²) in [6.45, 7) is 2.07. The molecule has 3 rings (SSSR count). The molecule has 2 nitrogen and oxygen atoms in total. The van der Waals surface area contributed by atoms with Gasteiger partial charge in [-0.05, 0) is 42.1 Å². The van der Waals surface area contributed by atoms with Gasteiger partial charge < -0.3 is 0 Å². The number of hydrogen-bond acceptors (Lipinski definition) is 3. The van der Waals surface area contributed by atoms with Crippen LogP contribution in [-0.4, -0.2) is 11.2 Å². The summed E-state index contributed by atoms with van der Waals surface area (Å²) in [5.41, 5.74) is 1.80. The number of carbonyl (C=O) groups excluding carboxylic acids is 1. The molecule has 1 heterocycles. The maximum atomic E-state index is 13.3. The van der Waals surface area contributed by atoms with Gasteiger partial charge in [0.25, 0.3) is 0 Å².